The quantitative estimate of drug-likeness (QED) is 0.558. The van der Waals surface area contributed by atoms with Crippen LogP contribution in [0.5, 0.6) is 5.75 Å². The molecule has 0 fully saturated rings. The first-order valence-electron chi connectivity index (χ1n) is 10.7. The van der Waals surface area contributed by atoms with E-state index in [2.05, 4.69) is 5.32 Å². The summed E-state index contributed by atoms with van der Waals surface area (Å²) in [5.41, 5.74) is 5.42. The monoisotopic (exact) mass is 441 g/mol. The highest BCUT2D eigenvalue weighted by Gasteiger charge is 2.40. The summed E-state index contributed by atoms with van der Waals surface area (Å²) in [7, 11) is 5.52. The Morgan fingerprint density at radius 3 is 2.12 bits per heavy atom. The molecular formula is C27H27N3O3. The van der Waals surface area contributed by atoms with E-state index in [9.17, 15) is 9.59 Å². The number of nitrogens with zero attached hydrogens (tertiary/aromatic N) is 2. The number of rotatable bonds is 6. The maximum atomic E-state index is 13.6. The zero-order valence-corrected chi connectivity index (χ0v) is 19.5. The van der Waals surface area contributed by atoms with Crippen molar-refractivity contribution < 1.29 is 14.3 Å². The summed E-state index contributed by atoms with van der Waals surface area (Å²) in [6.07, 6.45) is 0. The number of hydrogen-bond acceptors (Lipinski definition) is 5. The molecule has 6 nitrogen and oxygen atoms in total. The van der Waals surface area contributed by atoms with E-state index >= 15 is 0 Å². The highest BCUT2D eigenvalue weighted by atomic mass is 16.5. The SMILES string of the molecule is COc1ccc(C2=C(Nc3ccc(N(C)C)cc3)C(=O)N(c3cc(C)ccc3C)C2=O)cc1. The second-order valence-corrected chi connectivity index (χ2v) is 8.28. The molecule has 3 aromatic rings. The van der Waals surface area contributed by atoms with Crippen LogP contribution in [0.2, 0.25) is 0 Å². The smallest absolute Gasteiger partial charge is 0.282 e. The molecular weight excluding hydrogens is 414 g/mol. The minimum absolute atomic E-state index is 0.253. The number of amides is 2. The van der Waals surface area contributed by atoms with Gasteiger partial charge in [0.25, 0.3) is 11.8 Å². The van der Waals surface area contributed by atoms with E-state index in [0.717, 1.165) is 22.5 Å². The molecule has 33 heavy (non-hydrogen) atoms. The van der Waals surface area contributed by atoms with Crippen LogP contribution in [0.15, 0.2) is 72.4 Å². The Labute approximate surface area is 194 Å². The van der Waals surface area contributed by atoms with Gasteiger partial charge in [0.1, 0.15) is 11.4 Å². The van der Waals surface area contributed by atoms with Gasteiger partial charge < -0.3 is 15.0 Å². The summed E-state index contributed by atoms with van der Waals surface area (Å²) >= 11 is 0. The molecule has 6 heteroatoms. The molecule has 168 valence electrons. The van der Waals surface area contributed by atoms with Gasteiger partial charge in [-0.2, -0.15) is 0 Å². The molecule has 1 heterocycles. The first kappa shape index (κ1) is 22.1. The molecule has 0 saturated carbocycles. The van der Waals surface area contributed by atoms with Crippen LogP contribution in [0.4, 0.5) is 17.1 Å². The average Bonchev–Trinajstić information content (AvgIpc) is 3.05. The summed E-state index contributed by atoms with van der Waals surface area (Å²) in [4.78, 5) is 30.5. The van der Waals surface area contributed by atoms with Crippen LogP contribution in [-0.2, 0) is 9.59 Å². The number of aryl methyl sites for hydroxylation is 2. The zero-order valence-electron chi connectivity index (χ0n) is 19.5. The van der Waals surface area contributed by atoms with Crippen molar-refractivity contribution in [3.05, 3.63) is 89.1 Å². The molecule has 0 unspecified atom stereocenters. The number of methoxy groups -OCH3 is 1. The Kier molecular flexibility index (Phi) is 5.92. The molecule has 0 aromatic heterocycles. The van der Waals surface area contributed by atoms with Crippen molar-refractivity contribution in [1.29, 1.82) is 0 Å². The van der Waals surface area contributed by atoms with Gasteiger partial charge in [-0.15, -0.1) is 0 Å². The fourth-order valence-corrected chi connectivity index (χ4v) is 3.84. The molecule has 0 radical (unpaired) electrons. The highest BCUT2D eigenvalue weighted by molar-refractivity contribution is 6.46. The third-order valence-electron chi connectivity index (χ3n) is 5.72. The first-order chi connectivity index (χ1) is 15.8. The normalized spacial score (nSPS) is 13.5. The van der Waals surface area contributed by atoms with Gasteiger partial charge in [-0.3, -0.25) is 9.59 Å². The number of ether oxygens (including phenoxy) is 1. The Bertz CT molecular complexity index is 1240. The molecule has 0 bridgehead atoms. The van der Waals surface area contributed by atoms with E-state index in [1.807, 2.05) is 75.3 Å². The van der Waals surface area contributed by atoms with Gasteiger partial charge in [-0.05, 0) is 73.0 Å². The maximum Gasteiger partial charge on any atom is 0.282 e. The second-order valence-electron chi connectivity index (χ2n) is 8.28. The van der Waals surface area contributed by atoms with E-state index < -0.39 is 0 Å². The van der Waals surface area contributed by atoms with Crippen molar-refractivity contribution in [2.24, 2.45) is 0 Å². The van der Waals surface area contributed by atoms with Gasteiger partial charge in [0.15, 0.2) is 0 Å². The lowest BCUT2D eigenvalue weighted by Gasteiger charge is -2.18. The van der Waals surface area contributed by atoms with Crippen molar-refractivity contribution >= 4 is 34.4 Å². The third kappa shape index (κ3) is 4.20. The number of anilines is 3. The lowest BCUT2D eigenvalue weighted by molar-refractivity contribution is -0.120. The van der Waals surface area contributed by atoms with E-state index in [4.69, 9.17) is 4.74 Å². The van der Waals surface area contributed by atoms with Crippen molar-refractivity contribution in [2.45, 2.75) is 13.8 Å². The van der Waals surface area contributed by atoms with Gasteiger partial charge >= 0.3 is 0 Å². The summed E-state index contributed by atoms with van der Waals surface area (Å²) in [6.45, 7) is 3.84. The van der Waals surface area contributed by atoms with Crippen LogP contribution >= 0.6 is 0 Å². The van der Waals surface area contributed by atoms with Gasteiger partial charge in [0.05, 0.1) is 18.4 Å². The fourth-order valence-electron chi connectivity index (χ4n) is 3.84. The summed E-state index contributed by atoms with van der Waals surface area (Å²) < 4.78 is 5.25. The average molecular weight is 442 g/mol. The minimum atomic E-state index is -0.379. The molecule has 0 aliphatic carbocycles. The van der Waals surface area contributed by atoms with Crippen molar-refractivity contribution in [3.8, 4) is 5.75 Å². The molecule has 4 rings (SSSR count). The Hall–Kier alpha value is -4.06. The Balaban J connectivity index is 1.80. The van der Waals surface area contributed by atoms with E-state index in [0.29, 0.717) is 22.6 Å². The topological polar surface area (TPSA) is 61.9 Å². The zero-order chi connectivity index (χ0) is 23.7. The number of carbonyl (C=O) groups is 2. The Morgan fingerprint density at radius 1 is 0.848 bits per heavy atom. The van der Waals surface area contributed by atoms with Crippen molar-refractivity contribution in [1.82, 2.24) is 0 Å². The van der Waals surface area contributed by atoms with Crippen molar-refractivity contribution in [3.63, 3.8) is 0 Å². The first-order valence-corrected chi connectivity index (χ1v) is 10.7. The second kappa shape index (κ2) is 8.82. The predicted octanol–water partition coefficient (Wildman–Crippen LogP) is 4.77. The molecule has 2 amide bonds. The molecule has 1 aliphatic heterocycles. The minimum Gasteiger partial charge on any atom is -0.497 e. The van der Waals surface area contributed by atoms with E-state index in [1.54, 1.807) is 31.4 Å². The fraction of sp³-hybridized carbons (Fsp3) is 0.185. The molecule has 3 aromatic carbocycles. The van der Waals surface area contributed by atoms with Crippen LogP contribution < -0.4 is 19.9 Å². The van der Waals surface area contributed by atoms with Crippen LogP contribution in [0.1, 0.15) is 16.7 Å². The van der Waals surface area contributed by atoms with Crippen LogP contribution in [0.25, 0.3) is 5.57 Å². The summed E-state index contributed by atoms with van der Waals surface area (Å²) in [5, 5.41) is 3.22. The Morgan fingerprint density at radius 2 is 1.52 bits per heavy atom. The van der Waals surface area contributed by atoms with Gasteiger partial charge in [-0.25, -0.2) is 4.90 Å². The number of nitrogens with one attached hydrogen (secondary N) is 1. The van der Waals surface area contributed by atoms with Gasteiger partial charge in [0.2, 0.25) is 0 Å². The number of imide groups is 1. The molecule has 0 spiro atoms. The number of benzene rings is 3. The number of hydrogen-bond donors (Lipinski definition) is 1. The van der Waals surface area contributed by atoms with E-state index in [-0.39, 0.29) is 17.5 Å². The maximum absolute atomic E-state index is 13.6. The molecule has 1 N–H and O–H groups in total. The molecule has 1 aliphatic rings. The van der Waals surface area contributed by atoms with Gasteiger partial charge in [0, 0.05) is 25.5 Å². The number of carbonyl (C=O) groups excluding carboxylic acids is 2. The van der Waals surface area contributed by atoms with Crippen LogP contribution in [0.3, 0.4) is 0 Å². The van der Waals surface area contributed by atoms with Crippen molar-refractivity contribution in [2.75, 3.05) is 36.3 Å². The largest absolute Gasteiger partial charge is 0.497 e. The van der Waals surface area contributed by atoms with Gasteiger partial charge in [-0.1, -0.05) is 24.3 Å². The highest BCUT2D eigenvalue weighted by Crippen LogP contribution is 2.36. The van der Waals surface area contributed by atoms with E-state index in [1.165, 1.54) is 4.90 Å². The lowest BCUT2D eigenvalue weighted by atomic mass is 10.0. The summed E-state index contributed by atoms with van der Waals surface area (Å²) in [5.74, 6) is -0.0567. The molecule has 0 saturated heterocycles. The lowest BCUT2D eigenvalue weighted by Crippen LogP contribution is -2.33. The standard InChI is InChI=1S/C27H27N3O3/c1-17-6-7-18(2)23(16-17)30-26(31)24(19-8-14-22(33-5)15-9-19)25(27(30)32)28-20-10-12-21(13-11-20)29(3)4/h6-16,28H,1-5H3. The van der Waals surface area contributed by atoms with Crippen LogP contribution in [0, 0.1) is 13.8 Å². The van der Waals surface area contributed by atoms with Crippen LogP contribution in [-0.4, -0.2) is 33.0 Å². The summed E-state index contributed by atoms with van der Waals surface area (Å²) in [6, 6.07) is 20.6. The molecule has 0 atom stereocenters. The predicted molar refractivity (Wildman–Crippen MR) is 133 cm³/mol. The third-order valence-corrected chi connectivity index (χ3v) is 5.72.